The van der Waals surface area contributed by atoms with Crippen molar-refractivity contribution >= 4 is 0 Å². The van der Waals surface area contributed by atoms with Gasteiger partial charge in [0.15, 0.2) is 0 Å². The normalized spacial score (nSPS) is 10.1. The molecule has 0 aliphatic rings. The molecule has 2 N–H and O–H groups in total. The zero-order chi connectivity index (χ0) is 11.5. The Labute approximate surface area is 92.1 Å². The lowest BCUT2D eigenvalue weighted by molar-refractivity contribution is 0.415. The fraction of sp³-hybridized carbons (Fsp3) is 0.0833. The van der Waals surface area contributed by atoms with Crippen LogP contribution in [0.15, 0.2) is 41.2 Å². The zero-order valence-corrected chi connectivity index (χ0v) is 8.73. The molecule has 16 heavy (non-hydrogen) atoms. The highest BCUT2D eigenvalue weighted by atomic mass is 16.5. The number of pyridine rings is 1. The molecule has 0 aliphatic heterocycles. The van der Waals surface area contributed by atoms with Gasteiger partial charge in [0, 0.05) is 12.1 Å². The summed E-state index contributed by atoms with van der Waals surface area (Å²) in [6.45, 7) is 0. The summed E-state index contributed by atoms with van der Waals surface area (Å²) in [6, 6.07) is 9.83. The van der Waals surface area contributed by atoms with E-state index in [1.165, 1.54) is 6.07 Å². The van der Waals surface area contributed by atoms with Gasteiger partial charge in [0.25, 0.3) is 5.56 Å². The third-order valence-electron chi connectivity index (χ3n) is 2.23. The van der Waals surface area contributed by atoms with E-state index in [2.05, 4.69) is 4.98 Å². The van der Waals surface area contributed by atoms with E-state index in [1.807, 2.05) is 12.1 Å². The van der Waals surface area contributed by atoms with Crippen LogP contribution in [0.5, 0.6) is 11.5 Å². The number of aromatic nitrogens is 1. The standard InChI is InChI=1S/C12H11NO3/c1-16-10-4-2-8(3-5-10)11-6-9(14)7-12(15)13-11/h2-7H,1H3,(H2,13,14,15). The average Bonchev–Trinajstić information content (AvgIpc) is 2.28. The quantitative estimate of drug-likeness (QED) is 0.805. The molecule has 1 heterocycles. The fourth-order valence-corrected chi connectivity index (χ4v) is 1.45. The third kappa shape index (κ3) is 2.06. The Balaban J connectivity index is 2.46. The van der Waals surface area contributed by atoms with Gasteiger partial charge in [-0.1, -0.05) is 0 Å². The number of ether oxygens (including phenoxy) is 1. The monoisotopic (exact) mass is 217 g/mol. The Morgan fingerprint density at radius 1 is 1.19 bits per heavy atom. The van der Waals surface area contributed by atoms with Gasteiger partial charge in [-0.25, -0.2) is 0 Å². The van der Waals surface area contributed by atoms with Crippen LogP contribution < -0.4 is 10.3 Å². The molecule has 0 spiro atoms. The van der Waals surface area contributed by atoms with Crippen LogP contribution in [0, 0.1) is 0 Å². The minimum absolute atomic E-state index is 0.0467. The predicted octanol–water partition coefficient (Wildman–Crippen LogP) is 1.76. The second-order valence-electron chi connectivity index (χ2n) is 3.34. The summed E-state index contributed by atoms with van der Waals surface area (Å²) in [5.74, 6) is 0.695. The Kier molecular flexibility index (Phi) is 2.64. The molecule has 1 aromatic carbocycles. The van der Waals surface area contributed by atoms with Crippen LogP contribution in [0.3, 0.4) is 0 Å². The number of hydrogen-bond donors (Lipinski definition) is 2. The molecule has 0 atom stereocenters. The molecule has 0 saturated carbocycles. The number of rotatable bonds is 2. The van der Waals surface area contributed by atoms with E-state index >= 15 is 0 Å². The minimum Gasteiger partial charge on any atom is -0.508 e. The van der Waals surface area contributed by atoms with Crippen LogP contribution in [0.2, 0.25) is 0 Å². The van der Waals surface area contributed by atoms with Crippen LogP contribution in [0.25, 0.3) is 11.3 Å². The molecule has 2 aromatic rings. The molecule has 0 radical (unpaired) electrons. The number of H-pyrrole nitrogens is 1. The highest BCUT2D eigenvalue weighted by Crippen LogP contribution is 2.21. The summed E-state index contributed by atoms with van der Waals surface area (Å²) in [5, 5.41) is 9.31. The van der Waals surface area contributed by atoms with Gasteiger partial charge in [-0.05, 0) is 29.8 Å². The van der Waals surface area contributed by atoms with E-state index in [4.69, 9.17) is 4.74 Å². The van der Waals surface area contributed by atoms with Crippen molar-refractivity contribution in [3.63, 3.8) is 0 Å². The maximum Gasteiger partial charge on any atom is 0.252 e. The lowest BCUT2D eigenvalue weighted by Crippen LogP contribution is -2.03. The highest BCUT2D eigenvalue weighted by molar-refractivity contribution is 5.61. The molecule has 0 aliphatic carbocycles. The zero-order valence-electron chi connectivity index (χ0n) is 8.73. The Bertz CT molecular complexity index is 543. The van der Waals surface area contributed by atoms with Gasteiger partial charge in [-0.2, -0.15) is 0 Å². The Morgan fingerprint density at radius 3 is 2.44 bits per heavy atom. The summed E-state index contributed by atoms with van der Waals surface area (Å²) in [7, 11) is 1.59. The van der Waals surface area contributed by atoms with E-state index in [0.717, 1.165) is 17.4 Å². The van der Waals surface area contributed by atoms with Crippen molar-refractivity contribution in [1.29, 1.82) is 0 Å². The molecule has 82 valence electrons. The first-order chi connectivity index (χ1) is 7.69. The van der Waals surface area contributed by atoms with Crippen LogP contribution in [0.4, 0.5) is 0 Å². The highest BCUT2D eigenvalue weighted by Gasteiger charge is 2.01. The second kappa shape index (κ2) is 4.10. The van der Waals surface area contributed by atoms with Crippen molar-refractivity contribution in [2.75, 3.05) is 7.11 Å². The molecule has 1 aromatic heterocycles. The maximum absolute atomic E-state index is 11.2. The largest absolute Gasteiger partial charge is 0.508 e. The summed E-state index contributed by atoms with van der Waals surface area (Å²) in [5.41, 5.74) is 1.06. The molecule has 0 saturated heterocycles. The fourth-order valence-electron chi connectivity index (χ4n) is 1.45. The third-order valence-corrected chi connectivity index (χ3v) is 2.23. The Morgan fingerprint density at radius 2 is 1.88 bits per heavy atom. The van der Waals surface area contributed by atoms with Gasteiger partial charge in [0.1, 0.15) is 11.5 Å². The summed E-state index contributed by atoms with van der Waals surface area (Å²) in [4.78, 5) is 13.8. The number of aromatic amines is 1. The molecule has 0 fully saturated rings. The van der Waals surface area contributed by atoms with Gasteiger partial charge in [0.2, 0.25) is 0 Å². The topological polar surface area (TPSA) is 62.3 Å². The van der Waals surface area contributed by atoms with E-state index < -0.39 is 0 Å². The van der Waals surface area contributed by atoms with Crippen molar-refractivity contribution in [1.82, 2.24) is 4.98 Å². The molecule has 4 nitrogen and oxygen atoms in total. The van der Waals surface area contributed by atoms with Crippen molar-refractivity contribution in [3.05, 3.63) is 46.8 Å². The molecule has 0 bridgehead atoms. The number of methoxy groups -OCH3 is 1. The van der Waals surface area contributed by atoms with E-state index in [0.29, 0.717) is 5.69 Å². The van der Waals surface area contributed by atoms with Crippen molar-refractivity contribution < 1.29 is 9.84 Å². The van der Waals surface area contributed by atoms with Crippen LogP contribution in [-0.2, 0) is 0 Å². The van der Waals surface area contributed by atoms with Crippen LogP contribution in [0.1, 0.15) is 0 Å². The smallest absolute Gasteiger partial charge is 0.252 e. The van der Waals surface area contributed by atoms with E-state index in [1.54, 1.807) is 19.2 Å². The predicted molar refractivity (Wildman–Crippen MR) is 60.7 cm³/mol. The van der Waals surface area contributed by atoms with Gasteiger partial charge in [-0.3, -0.25) is 4.79 Å². The summed E-state index contributed by atoms with van der Waals surface area (Å²) < 4.78 is 5.03. The molecule has 2 rings (SSSR count). The van der Waals surface area contributed by atoms with Crippen LogP contribution >= 0.6 is 0 Å². The summed E-state index contributed by atoms with van der Waals surface area (Å²) in [6.07, 6.45) is 0. The van der Waals surface area contributed by atoms with Crippen molar-refractivity contribution in [2.45, 2.75) is 0 Å². The first-order valence-corrected chi connectivity index (χ1v) is 4.77. The minimum atomic E-state index is -0.328. The lowest BCUT2D eigenvalue weighted by Gasteiger charge is -2.03. The average molecular weight is 217 g/mol. The number of aromatic hydroxyl groups is 1. The molecular weight excluding hydrogens is 206 g/mol. The van der Waals surface area contributed by atoms with Crippen molar-refractivity contribution in [2.24, 2.45) is 0 Å². The van der Waals surface area contributed by atoms with Gasteiger partial charge in [0.05, 0.1) is 12.8 Å². The van der Waals surface area contributed by atoms with Crippen molar-refractivity contribution in [3.8, 4) is 22.8 Å². The van der Waals surface area contributed by atoms with Crippen LogP contribution in [-0.4, -0.2) is 17.2 Å². The van der Waals surface area contributed by atoms with E-state index in [9.17, 15) is 9.90 Å². The van der Waals surface area contributed by atoms with E-state index in [-0.39, 0.29) is 11.3 Å². The molecular formula is C12H11NO3. The number of nitrogens with one attached hydrogen (secondary N) is 1. The second-order valence-corrected chi connectivity index (χ2v) is 3.34. The molecule has 4 heteroatoms. The van der Waals surface area contributed by atoms with Gasteiger partial charge < -0.3 is 14.8 Å². The molecule has 0 unspecified atom stereocenters. The SMILES string of the molecule is COc1ccc(-c2cc(O)cc(=O)[nH]2)cc1. The Hall–Kier alpha value is -2.23. The number of hydrogen-bond acceptors (Lipinski definition) is 3. The summed E-state index contributed by atoms with van der Waals surface area (Å²) >= 11 is 0. The lowest BCUT2D eigenvalue weighted by atomic mass is 10.1. The van der Waals surface area contributed by atoms with Gasteiger partial charge in [-0.15, -0.1) is 0 Å². The number of benzene rings is 1. The maximum atomic E-state index is 11.2. The molecule has 0 amide bonds. The first kappa shape index (κ1) is 10.3. The van der Waals surface area contributed by atoms with Gasteiger partial charge >= 0.3 is 0 Å². The first-order valence-electron chi connectivity index (χ1n) is 4.77.